The van der Waals surface area contributed by atoms with Crippen molar-refractivity contribution in [2.24, 2.45) is 5.11 Å². The van der Waals surface area contributed by atoms with Crippen LogP contribution in [0.15, 0.2) is 52.8 Å². The van der Waals surface area contributed by atoms with Crippen LogP contribution < -0.4 is 0 Å². The number of azide groups is 1. The van der Waals surface area contributed by atoms with Gasteiger partial charge in [-0.2, -0.15) is 5.26 Å². The van der Waals surface area contributed by atoms with Gasteiger partial charge < -0.3 is 5.11 Å². The Kier molecular flexibility index (Phi) is 4.73. The maximum Gasteiger partial charge on any atom is 0.346 e. The molecule has 0 aliphatic carbocycles. The Bertz CT molecular complexity index is 590. The van der Waals surface area contributed by atoms with E-state index in [0.717, 1.165) is 5.56 Å². The summed E-state index contributed by atoms with van der Waals surface area (Å²) in [6, 6.07) is 10.5. The molecule has 0 fully saturated rings. The first-order valence-corrected chi connectivity index (χ1v) is 4.85. The molecule has 0 aliphatic rings. The molecule has 0 atom stereocenters. The summed E-state index contributed by atoms with van der Waals surface area (Å²) in [5, 5.41) is 20.7. The quantitative estimate of drug-likeness (QED) is 0.218. The lowest BCUT2D eigenvalue weighted by atomic mass is 10.1. The minimum absolute atomic E-state index is 0.226. The lowest BCUT2D eigenvalue weighted by Crippen LogP contribution is -2.00. The summed E-state index contributed by atoms with van der Waals surface area (Å²) < 4.78 is 0. The molecule has 6 nitrogen and oxygen atoms in total. The highest BCUT2D eigenvalue weighted by molar-refractivity contribution is 5.92. The summed E-state index contributed by atoms with van der Waals surface area (Å²) >= 11 is 0. The predicted molar refractivity (Wildman–Crippen MR) is 64.9 cm³/mol. The van der Waals surface area contributed by atoms with Gasteiger partial charge >= 0.3 is 5.97 Å². The number of nitrogens with zero attached hydrogens (tertiary/aromatic N) is 4. The van der Waals surface area contributed by atoms with Crippen LogP contribution in [-0.4, -0.2) is 11.1 Å². The molecule has 6 heteroatoms. The topological polar surface area (TPSA) is 110 Å². The zero-order chi connectivity index (χ0) is 13.4. The molecule has 0 saturated heterocycles. The first kappa shape index (κ1) is 13.0. The van der Waals surface area contributed by atoms with Gasteiger partial charge in [0.15, 0.2) is 0 Å². The molecular formula is C12H8N4O2. The molecule has 0 bridgehead atoms. The first-order valence-electron chi connectivity index (χ1n) is 4.85. The van der Waals surface area contributed by atoms with E-state index in [1.54, 1.807) is 30.3 Å². The fourth-order valence-electron chi connectivity index (χ4n) is 1.17. The predicted octanol–water partition coefficient (Wildman–Crippen LogP) is 2.87. The molecule has 0 spiro atoms. The van der Waals surface area contributed by atoms with Crippen molar-refractivity contribution in [3.8, 4) is 6.07 Å². The van der Waals surface area contributed by atoms with Gasteiger partial charge in [-0.1, -0.05) is 47.6 Å². The van der Waals surface area contributed by atoms with E-state index in [4.69, 9.17) is 15.9 Å². The van der Waals surface area contributed by atoms with Crippen molar-refractivity contribution in [2.45, 2.75) is 0 Å². The molecule has 0 aromatic heterocycles. The molecule has 0 saturated carbocycles. The minimum Gasteiger partial charge on any atom is -0.477 e. The lowest BCUT2D eigenvalue weighted by molar-refractivity contribution is -0.132. The highest BCUT2D eigenvalue weighted by atomic mass is 16.4. The second-order valence-corrected chi connectivity index (χ2v) is 3.11. The number of aliphatic carboxylic acids is 1. The molecule has 0 amide bonds. The van der Waals surface area contributed by atoms with E-state index in [-0.39, 0.29) is 5.70 Å². The van der Waals surface area contributed by atoms with E-state index in [9.17, 15) is 4.79 Å². The molecule has 0 radical (unpaired) electrons. The van der Waals surface area contributed by atoms with Gasteiger partial charge in [0.25, 0.3) is 0 Å². The van der Waals surface area contributed by atoms with E-state index in [1.165, 1.54) is 12.1 Å². The first-order chi connectivity index (χ1) is 8.69. The smallest absolute Gasteiger partial charge is 0.346 e. The van der Waals surface area contributed by atoms with Crippen LogP contribution in [0.5, 0.6) is 0 Å². The van der Waals surface area contributed by atoms with Gasteiger partial charge in [-0.05, 0) is 11.1 Å². The lowest BCUT2D eigenvalue weighted by Gasteiger charge is -1.95. The fraction of sp³-hybridized carbons (Fsp3) is 0. The molecule has 1 aromatic carbocycles. The van der Waals surface area contributed by atoms with Gasteiger partial charge in [0.2, 0.25) is 0 Å². The normalized spacial score (nSPS) is 11.3. The SMILES string of the molecule is N#CC(C(=O)O)=C(C=Cc1ccccc1)N=[N+]=[N-]. The average molecular weight is 240 g/mol. The van der Waals surface area contributed by atoms with Crippen molar-refractivity contribution in [3.05, 3.63) is 63.7 Å². The van der Waals surface area contributed by atoms with Gasteiger partial charge in [-0.25, -0.2) is 4.79 Å². The number of hydrogen-bond donors (Lipinski definition) is 1. The zero-order valence-corrected chi connectivity index (χ0v) is 9.19. The van der Waals surface area contributed by atoms with Crippen molar-refractivity contribution < 1.29 is 9.90 Å². The summed E-state index contributed by atoms with van der Waals surface area (Å²) in [6.07, 6.45) is 2.85. The van der Waals surface area contributed by atoms with Gasteiger partial charge in [0, 0.05) is 4.91 Å². The molecule has 1 N–H and O–H groups in total. The van der Waals surface area contributed by atoms with Crippen LogP contribution in [-0.2, 0) is 4.79 Å². The van der Waals surface area contributed by atoms with Crippen LogP contribution in [0, 0.1) is 11.3 Å². The highest BCUT2D eigenvalue weighted by Gasteiger charge is 2.10. The van der Waals surface area contributed by atoms with Gasteiger partial charge in [0.05, 0.1) is 5.70 Å². The van der Waals surface area contributed by atoms with Crippen LogP contribution in [0.25, 0.3) is 16.5 Å². The number of carbonyl (C=O) groups is 1. The molecule has 0 heterocycles. The Morgan fingerprint density at radius 2 is 2.11 bits per heavy atom. The van der Waals surface area contributed by atoms with Crippen molar-refractivity contribution in [2.75, 3.05) is 0 Å². The van der Waals surface area contributed by atoms with Gasteiger partial charge in [0.1, 0.15) is 11.6 Å². The standard InChI is InChI=1S/C12H8N4O2/c13-8-10(12(17)18)11(15-16-14)7-6-9-4-2-1-3-5-9/h1-7H,(H,17,18). The molecular weight excluding hydrogens is 232 g/mol. The third-order valence-electron chi connectivity index (χ3n) is 1.97. The highest BCUT2D eigenvalue weighted by Crippen LogP contribution is 2.11. The Labute approximate surface area is 103 Å². The van der Waals surface area contributed by atoms with E-state index in [1.807, 2.05) is 6.07 Å². The molecule has 0 unspecified atom stereocenters. The third kappa shape index (κ3) is 3.52. The molecule has 88 valence electrons. The number of carboxylic acid groups (broad SMARTS) is 1. The Morgan fingerprint density at radius 3 is 2.61 bits per heavy atom. The van der Waals surface area contributed by atoms with Crippen LogP contribution >= 0.6 is 0 Å². The van der Waals surface area contributed by atoms with Crippen molar-refractivity contribution in [3.63, 3.8) is 0 Å². The number of benzene rings is 1. The van der Waals surface area contributed by atoms with Gasteiger partial charge in [-0.15, -0.1) is 0 Å². The van der Waals surface area contributed by atoms with E-state index >= 15 is 0 Å². The molecule has 1 aromatic rings. The second-order valence-electron chi connectivity index (χ2n) is 3.11. The number of carboxylic acids is 1. The summed E-state index contributed by atoms with van der Waals surface area (Å²) in [6.45, 7) is 0. The van der Waals surface area contributed by atoms with Crippen LogP contribution in [0.2, 0.25) is 0 Å². The maximum atomic E-state index is 10.8. The van der Waals surface area contributed by atoms with Crippen LogP contribution in [0.3, 0.4) is 0 Å². The number of nitriles is 1. The third-order valence-corrected chi connectivity index (χ3v) is 1.97. The van der Waals surface area contributed by atoms with Crippen LogP contribution in [0.4, 0.5) is 0 Å². The Morgan fingerprint density at radius 1 is 1.44 bits per heavy atom. The average Bonchev–Trinajstić information content (AvgIpc) is 2.37. The Hall–Kier alpha value is -3.03. The fourth-order valence-corrected chi connectivity index (χ4v) is 1.17. The van der Waals surface area contributed by atoms with E-state index in [0.29, 0.717) is 0 Å². The van der Waals surface area contributed by atoms with Gasteiger partial charge in [-0.3, -0.25) is 0 Å². The number of rotatable bonds is 4. The summed E-state index contributed by atoms with van der Waals surface area (Å²) in [5.41, 5.74) is 8.32. The Balaban J connectivity index is 3.17. The summed E-state index contributed by atoms with van der Waals surface area (Å²) in [4.78, 5) is 13.3. The van der Waals surface area contributed by atoms with Crippen molar-refractivity contribution in [1.29, 1.82) is 5.26 Å². The van der Waals surface area contributed by atoms with Crippen molar-refractivity contribution >= 4 is 12.0 Å². The molecule has 18 heavy (non-hydrogen) atoms. The monoisotopic (exact) mass is 240 g/mol. The van der Waals surface area contributed by atoms with Crippen molar-refractivity contribution in [1.82, 2.24) is 0 Å². The zero-order valence-electron chi connectivity index (χ0n) is 9.19. The molecule has 0 aliphatic heterocycles. The second kappa shape index (κ2) is 6.53. The summed E-state index contributed by atoms with van der Waals surface area (Å²) in [5.74, 6) is -1.43. The largest absolute Gasteiger partial charge is 0.477 e. The van der Waals surface area contributed by atoms with E-state index < -0.39 is 11.5 Å². The minimum atomic E-state index is -1.43. The maximum absolute atomic E-state index is 10.8. The molecule has 1 rings (SSSR count). The summed E-state index contributed by atoms with van der Waals surface area (Å²) in [7, 11) is 0. The van der Waals surface area contributed by atoms with Crippen LogP contribution in [0.1, 0.15) is 5.56 Å². The number of allylic oxidation sites excluding steroid dienone is 1. The van der Waals surface area contributed by atoms with E-state index in [2.05, 4.69) is 10.0 Å². The number of hydrogen-bond acceptors (Lipinski definition) is 3.